The van der Waals surface area contributed by atoms with E-state index in [1.165, 1.54) is 12.5 Å². The van der Waals surface area contributed by atoms with Crippen LogP contribution in [0.3, 0.4) is 0 Å². The topological polar surface area (TPSA) is 95.2 Å². The summed E-state index contributed by atoms with van der Waals surface area (Å²) >= 11 is 0. The molecule has 1 aliphatic heterocycles. The van der Waals surface area contributed by atoms with Crippen LogP contribution < -0.4 is 10.9 Å². The summed E-state index contributed by atoms with van der Waals surface area (Å²) in [5.74, 6) is 0.0820. The van der Waals surface area contributed by atoms with E-state index < -0.39 is 6.04 Å². The third-order valence-electron chi connectivity index (χ3n) is 5.90. The third-order valence-corrected chi connectivity index (χ3v) is 5.90. The lowest BCUT2D eigenvalue weighted by molar-refractivity contribution is -0.141. The molecule has 29 heavy (non-hydrogen) atoms. The molecular weight excluding hydrogens is 368 g/mol. The van der Waals surface area contributed by atoms with E-state index in [0.29, 0.717) is 24.3 Å². The van der Waals surface area contributed by atoms with Crippen LogP contribution in [-0.2, 0) is 9.59 Å². The first-order valence-corrected chi connectivity index (χ1v) is 10.4. The summed E-state index contributed by atoms with van der Waals surface area (Å²) in [5, 5.41) is 9.41. The largest absolute Gasteiger partial charge is 0.330 e. The molecule has 1 aromatic carbocycles. The zero-order valence-corrected chi connectivity index (χ0v) is 16.4. The van der Waals surface area contributed by atoms with Crippen molar-refractivity contribution < 1.29 is 9.59 Å². The number of aromatic amines is 1. The van der Waals surface area contributed by atoms with Gasteiger partial charge in [-0.25, -0.2) is 5.10 Å². The maximum absolute atomic E-state index is 12.9. The highest BCUT2D eigenvalue weighted by molar-refractivity contribution is 5.98. The first-order valence-electron chi connectivity index (χ1n) is 10.4. The van der Waals surface area contributed by atoms with E-state index in [1.807, 2.05) is 24.3 Å². The molecule has 1 aliphatic carbocycles. The highest BCUT2D eigenvalue weighted by Gasteiger charge is 2.37. The van der Waals surface area contributed by atoms with Crippen molar-refractivity contribution in [2.75, 3.05) is 11.9 Å². The summed E-state index contributed by atoms with van der Waals surface area (Å²) in [5.41, 5.74) is 1.80. The van der Waals surface area contributed by atoms with Crippen molar-refractivity contribution in [3.8, 4) is 11.3 Å². The number of aromatic nitrogens is 2. The van der Waals surface area contributed by atoms with Gasteiger partial charge in [-0.05, 0) is 43.9 Å². The van der Waals surface area contributed by atoms with E-state index in [2.05, 4.69) is 15.5 Å². The van der Waals surface area contributed by atoms with Crippen LogP contribution in [0.2, 0.25) is 0 Å². The monoisotopic (exact) mass is 394 g/mol. The van der Waals surface area contributed by atoms with Crippen molar-refractivity contribution in [3.63, 3.8) is 0 Å². The van der Waals surface area contributed by atoms with Gasteiger partial charge >= 0.3 is 0 Å². The summed E-state index contributed by atoms with van der Waals surface area (Å²) < 4.78 is 0. The van der Waals surface area contributed by atoms with Gasteiger partial charge in [0, 0.05) is 29.8 Å². The molecule has 1 aromatic heterocycles. The van der Waals surface area contributed by atoms with Gasteiger partial charge in [-0.2, -0.15) is 5.10 Å². The normalized spacial score (nSPS) is 19.9. The second-order valence-electron chi connectivity index (χ2n) is 7.90. The minimum atomic E-state index is -0.403. The molecule has 0 radical (unpaired) electrons. The van der Waals surface area contributed by atoms with Crippen LogP contribution in [0.1, 0.15) is 44.9 Å². The predicted molar refractivity (Wildman–Crippen MR) is 110 cm³/mol. The van der Waals surface area contributed by atoms with Crippen molar-refractivity contribution in [1.29, 1.82) is 0 Å². The van der Waals surface area contributed by atoms with Crippen LogP contribution in [0.25, 0.3) is 11.3 Å². The van der Waals surface area contributed by atoms with Crippen LogP contribution in [0, 0.1) is 5.92 Å². The fourth-order valence-corrected chi connectivity index (χ4v) is 4.37. The van der Waals surface area contributed by atoms with Crippen molar-refractivity contribution in [2.24, 2.45) is 5.92 Å². The van der Waals surface area contributed by atoms with Crippen molar-refractivity contribution in [2.45, 2.75) is 51.0 Å². The molecule has 7 heteroatoms. The van der Waals surface area contributed by atoms with Gasteiger partial charge in [-0.1, -0.05) is 31.4 Å². The van der Waals surface area contributed by atoms with Gasteiger partial charge in [0.05, 0.1) is 5.69 Å². The van der Waals surface area contributed by atoms with Gasteiger partial charge in [0.1, 0.15) is 6.04 Å². The quantitative estimate of drug-likeness (QED) is 0.833. The SMILES string of the molecule is O=C(Nc1cccc(-c2ccc(=O)[nH]n2)c1)[C@H]1CCCN1C(=O)C1CCCCC1. The Kier molecular flexibility index (Phi) is 5.74. The Balaban J connectivity index is 1.45. The van der Waals surface area contributed by atoms with Gasteiger partial charge in [-0.3, -0.25) is 14.4 Å². The number of amides is 2. The maximum atomic E-state index is 12.9. The van der Waals surface area contributed by atoms with Gasteiger partial charge < -0.3 is 10.2 Å². The molecule has 2 amide bonds. The van der Waals surface area contributed by atoms with Crippen molar-refractivity contribution in [3.05, 3.63) is 46.8 Å². The fraction of sp³-hybridized carbons (Fsp3) is 0.455. The lowest BCUT2D eigenvalue weighted by Crippen LogP contribution is -2.46. The van der Waals surface area contributed by atoms with Gasteiger partial charge in [0.2, 0.25) is 11.8 Å². The summed E-state index contributed by atoms with van der Waals surface area (Å²) in [6, 6.07) is 9.99. The number of carbonyl (C=O) groups excluding carboxylic acids is 2. The number of nitrogens with one attached hydrogen (secondary N) is 2. The van der Waals surface area contributed by atoms with Crippen LogP contribution in [0.15, 0.2) is 41.2 Å². The Morgan fingerprint density at radius 3 is 2.62 bits per heavy atom. The van der Waals surface area contributed by atoms with E-state index in [0.717, 1.165) is 37.7 Å². The van der Waals surface area contributed by atoms with Gasteiger partial charge in [0.25, 0.3) is 5.56 Å². The second kappa shape index (κ2) is 8.59. The molecule has 2 heterocycles. The Bertz CT molecular complexity index is 929. The van der Waals surface area contributed by atoms with Crippen LogP contribution in [0.4, 0.5) is 5.69 Å². The predicted octanol–water partition coefficient (Wildman–Crippen LogP) is 2.95. The highest BCUT2D eigenvalue weighted by atomic mass is 16.2. The second-order valence-corrected chi connectivity index (χ2v) is 7.90. The van der Waals surface area contributed by atoms with Crippen LogP contribution in [-0.4, -0.2) is 39.5 Å². The zero-order chi connectivity index (χ0) is 20.2. The molecule has 2 aromatic rings. The average Bonchev–Trinajstić information content (AvgIpc) is 3.25. The Hall–Kier alpha value is -2.96. The van der Waals surface area contributed by atoms with Crippen LogP contribution in [0.5, 0.6) is 0 Å². The number of likely N-dealkylation sites (tertiary alicyclic amines) is 1. The van der Waals surface area contributed by atoms with E-state index in [9.17, 15) is 14.4 Å². The first kappa shape index (κ1) is 19.4. The van der Waals surface area contributed by atoms with E-state index in [-0.39, 0.29) is 23.3 Å². The maximum Gasteiger partial charge on any atom is 0.264 e. The number of hydrogen-bond donors (Lipinski definition) is 2. The first-order chi connectivity index (χ1) is 14.1. The summed E-state index contributed by atoms with van der Waals surface area (Å²) in [6.45, 7) is 0.661. The summed E-state index contributed by atoms with van der Waals surface area (Å²) in [4.78, 5) is 38.9. The molecule has 1 atom stereocenters. The molecule has 1 saturated heterocycles. The Morgan fingerprint density at radius 2 is 1.86 bits per heavy atom. The number of benzene rings is 1. The molecule has 0 unspecified atom stereocenters. The molecule has 2 fully saturated rings. The number of carbonyl (C=O) groups is 2. The third kappa shape index (κ3) is 4.39. The zero-order valence-electron chi connectivity index (χ0n) is 16.4. The smallest absolute Gasteiger partial charge is 0.264 e. The van der Waals surface area contributed by atoms with Crippen molar-refractivity contribution >= 4 is 17.5 Å². The standard InChI is InChI=1S/C22H26N4O3/c27-20-12-11-18(24-25-20)16-8-4-9-17(14-16)23-21(28)19-10-5-13-26(19)22(29)15-6-2-1-3-7-15/h4,8-9,11-12,14-15,19H,1-3,5-7,10,13H2,(H,23,28)(H,25,27)/t19-/m1/s1. The number of H-pyrrole nitrogens is 1. The van der Waals surface area contributed by atoms with Crippen molar-refractivity contribution in [1.82, 2.24) is 15.1 Å². The fourth-order valence-electron chi connectivity index (χ4n) is 4.37. The molecular formula is C22H26N4O3. The molecule has 2 N–H and O–H groups in total. The molecule has 2 aliphatic rings. The van der Waals surface area contributed by atoms with Gasteiger partial charge in [0.15, 0.2) is 0 Å². The lowest BCUT2D eigenvalue weighted by atomic mass is 9.88. The number of rotatable bonds is 4. The molecule has 4 rings (SSSR count). The van der Waals surface area contributed by atoms with Crippen LogP contribution >= 0.6 is 0 Å². The Morgan fingerprint density at radius 1 is 1.03 bits per heavy atom. The summed E-state index contributed by atoms with van der Waals surface area (Å²) in [7, 11) is 0. The average molecular weight is 394 g/mol. The minimum Gasteiger partial charge on any atom is -0.330 e. The molecule has 7 nitrogen and oxygen atoms in total. The molecule has 152 valence electrons. The lowest BCUT2D eigenvalue weighted by Gasteiger charge is -2.30. The molecule has 0 bridgehead atoms. The van der Waals surface area contributed by atoms with E-state index in [4.69, 9.17) is 0 Å². The Labute approximate surface area is 169 Å². The van der Waals surface area contributed by atoms with Gasteiger partial charge in [-0.15, -0.1) is 0 Å². The number of anilines is 1. The minimum absolute atomic E-state index is 0.0757. The summed E-state index contributed by atoms with van der Waals surface area (Å²) in [6.07, 6.45) is 6.85. The molecule has 0 spiro atoms. The number of hydrogen-bond acceptors (Lipinski definition) is 4. The number of nitrogens with zero attached hydrogens (tertiary/aromatic N) is 2. The van der Waals surface area contributed by atoms with E-state index >= 15 is 0 Å². The van der Waals surface area contributed by atoms with E-state index in [1.54, 1.807) is 11.0 Å². The highest BCUT2D eigenvalue weighted by Crippen LogP contribution is 2.29. The molecule has 1 saturated carbocycles.